The van der Waals surface area contributed by atoms with Gasteiger partial charge in [0, 0.05) is 33.2 Å². The molecule has 0 saturated heterocycles. The Morgan fingerprint density at radius 3 is 1.62 bits per heavy atom. The minimum absolute atomic E-state index is 0.405. The van der Waals surface area contributed by atoms with E-state index in [9.17, 15) is 11.0 Å². The second kappa shape index (κ2) is 10.1. The molecule has 8 aromatic rings. The van der Waals surface area contributed by atoms with E-state index >= 15 is 0 Å². The third-order valence-electron chi connectivity index (χ3n) is 6.13. The van der Waals surface area contributed by atoms with Crippen LogP contribution in [0.25, 0.3) is 55.0 Å². The molecular weight excluding hydrogens is 510 g/mol. The van der Waals surface area contributed by atoms with Crippen molar-refractivity contribution in [3.8, 4) is 22.3 Å². The van der Waals surface area contributed by atoms with Gasteiger partial charge in [-0.1, -0.05) is 109 Å². The fourth-order valence-corrected chi connectivity index (χ4v) is 4.34. The van der Waals surface area contributed by atoms with Crippen LogP contribution in [0.4, 0.5) is 17.1 Å². The summed E-state index contributed by atoms with van der Waals surface area (Å²) >= 11 is 0. The number of hydrogen-bond donors (Lipinski definition) is 0. The average Bonchev–Trinajstić information content (AvgIpc) is 3.73. The number of anilines is 3. The van der Waals surface area contributed by atoms with Gasteiger partial charge in [0.15, 0.2) is 0 Å². The third kappa shape index (κ3) is 4.13. The molecule has 0 amide bonds. The maximum Gasteiger partial charge on any atom is 0.143 e. The van der Waals surface area contributed by atoms with Crippen molar-refractivity contribution in [1.29, 1.82) is 0 Å². The molecule has 0 unspecified atom stereocenters. The fourth-order valence-electron chi connectivity index (χ4n) is 4.34. The molecule has 0 spiro atoms. The van der Waals surface area contributed by atoms with Gasteiger partial charge in [0.2, 0.25) is 0 Å². The van der Waals surface area contributed by atoms with Gasteiger partial charge in [-0.05, 0) is 82.0 Å². The number of furan rings is 1. The molecular formula is C40H27NO. The Morgan fingerprint density at radius 2 is 0.952 bits per heavy atom. The van der Waals surface area contributed by atoms with Crippen LogP contribution in [0.2, 0.25) is 0 Å². The summed E-state index contributed by atoms with van der Waals surface area (Å²) in [6, 6.07) is -25.9. The molecule has 0 N–H and O–H groups in total. The van der Waals surface area contributed by atoms with Crippen molar-refractivity contribution < 1.29 is 41.4 Å². The lowest BCUT2D eigenvalue weighted by atomic mass is 9.95. The fraction of sp³-hybridized carbons (Fsp3) is 0. The summed E-state index contributed by atoms with van der Waals surface area (Å²) in [6.07, 6.45) is 0. The minimum Gasteiger partial charge on any atom is -0.455 e. The molecule has 198 valence electrons. The quantitative estimate of drug-likeness (QED) is 0.207. The number of fused-ring (bicyclic) bond motifs is 5. The van der Waals surface area contributed by atoms with E-state index in [0.29, 0.717) is 4.90 Å². The van der Waals surface area contributed by atoms with Crippen LogP contribution < -0.4 is 4.90 Å². The molecule has 42 heavy (non-hydrogen) atoms. The van der Waals surface area contributed by atoms with Crippen LogP contribution in [0.5, 0.6) is 0 Å². The van der Waals surface area contributed by atoms with E-state index in [2.05, 4.69) is 0 Å². The Morgan fingerprint density at radius 1 is 0.405 bits per heavy atom. The first kappa shape index (κ1) is 9.20. The molecule has 1 heterocycles. The Labute approximate surface area is 282 Å². The predicted molar refractivity (Wildman–Crippen MR) is 177 cm³/mol. The monoisotopic (exact) mass is 564 g/mol. The van der Waals surface area contributed by atoms with Crippen molar-refractivity contribution in [3.63, 3.8) is 0 Å². The molecule has 0 aliphatic heterocycles. The molecule has 0 bridgehead atoms. The van der Waals surface area contributed by atoms with Gasteiger partial charge in [-0.2, -0.15) is 0 Å². The van der Waals surface area contributed by atoms with Crippen LogP contribution in [0.15, 0.2) is 168 Å². The van der Waals surface area contributed by atoms with E-state index < -0.39 is 235 Å². The Balaban J connectivity index is 1.53. The van der Waals surface area contributed by atoms with Gasteiger partial charge in [-0.3, -0.25) is 0 Å². The first-order valence-corrected chi connectivity index (χ1v) is 12.1. The Hall–Kier alpha value is -5.60. The van der Waals surface area contributed by atoms with Crippen LogP contribution >= 0.6 is 0 Å². The highest BCUT2D eigenvalue weighted by molar-refractivity contribution is 6.19. The number of nitrogens with zero attached hydrogens (tertiary/aromatic N) is 1. The van der Waals surface area contributed by atoms with E-state index in [1.807, 2.05) is 0 Å². The molecule has 8 rings (SSSR count). The summed E-state index contributed by atoms with van der Waals surface area (Å²) in [5.74, 6) is 0. The number of hydrogen-bond acceptors (Lipinski definition) is 2. The van der Waals surface area contributed by atoms with Crippen molar-refractivity contribution in [2.75, 3.05) is 4.90 Å². The van der Waals surface area contributed by atoms with E-state index in [1.54, 1.807) is 0 Å². The highest BCUT2D eigenvalue weighted by atomic mass is 16.3. The normalized spacial score (nSPS) is 20.3. The zero-order chi connectivity index (χ0) is 51.4. The Bertz CT molecular complexity index is 3530. The average molecular weight is 565 g/mol. The van der Waals surface area contributed by atoms with Crippen molar-refractivity contribution in [1.82, 2.24) is 0 Å². The minimum atomic E-state index is -1.17. The molecule has 0 fully saturated rings. The van der Waals surface area contributed by atoms with E-state index in [-0.39, 0.29) is 0 Å². The van der Waals surface area contributed by atoms with E-state index in [4.69, 9.17) is 30.5 Å². The van der Waals surface area contributed by atoms with E-state index in [0.717, 1.165) is 0 Å². The van der Waals surface area contributed by atoms with Gasteiger partial charge in [-0.15, -0.1) is 0 Å². The zero-order valence-electron chi connectivity index (χ0n) is 47.9. The largest absolute Gasteiger partial charge is 0.455 e. The zero-order valence-corrected chi connectivity index (χ0v) is 20.9. The molecule has 0 aliphatic rings. The van der Waals surface area contributed by atoms with Crippen LogP contribution in [0, 0.1) is 0 Å². The highest BCUT2D eigenvalue weighted by Crippen LogP contribution is 2.41. The molecule has 0 atom stereocenters. The van der Waals surface area contributed by atoms with Gasteiger partial charge < -0.3 is 9.32 Å². The molecule has 2 heteroatoms. The molecule has 7 aromatic carbocycles. The lowest BCUT2D eigenvalue weighted by molar-refractivity contribution is 0.673. The maximum absolute atomic E-state index is 9.47. The van der Waals surface area contributed by atoms with Crippen molar-refractivity contribution in [2.45, 2.75) is 0 Å². The van der Waals surface area contributed by atoms with Gasteiger partial charge in [0.1, 0.15) is 11.2 Å². The molecule has 1 aromatic heterocycles. The topological polar surface area (TPSA) is 16.4 Å². The summed E-state index contributed by atoms with van der Waals surface area (Å²) in [4.78, 5) is 0.405. The van der Waals surface area contributed by atoms with Gasteiger partial charge in [0.25, 0.3) is 0 Å². The SMILES string of the molecule is [2H]c1c([2H])c([2H])c(-c2c([2H])c3c(oc4c([2H])c(-c5c([2H])c([2H])c(N(c6c([2H])c([2H])c([2H])c([2H])c6[2H])c6c([2H])c([2H])c([2H])c([2H])c6[2H])c([2H])c5[2H])c([2H])c([2H])c43)c3c([2H])c([2H])c([2H])c([2H])c23)c([2H])c1[2H]. The second-order valence-corrected chi connectivity index (χ2v) is 8.52. The van der Waals surface area contributed by atoms with Crippen LogP contribution in [-0.4, -0.2) is 0 Å². The molecule has 0 radical (unpaired) electrons. The second-order valence-electron chi connectivity index (χ2n) is 8.52. The highest BCUT2D eigenvalue weighted by Gasteiger charge is 2.16. The summed E-state index contributed by atoms with van der Waals surface area (Å²) < 4.78 is 242. The first-order valence-electron chi connectivity index (χ1n) is 25.6. The Kier molecular flexibility index (Phi) is 2.21. The summed E-state index contributed by atoms with van der Waals surface area (Å²) in [6.45, 7) is 0. The van der Waals surface area contributed by atoms with E-state index in [1.165, 1.54) is 0 Å². The van der Waals surface area contributed by atoms with Crippen molar-refractivity contribution >= 4 is 49.8 Å². The predicted octanol–water partition coefficient (Wildman–Crippen LogP) is 11.5. The van der Waals surface area contributed by atoms with Gasteiger partial charge in [0.05, 0.1) is 37.0 Å². The maximum atomic E-state index is 9.47. The van der Waals surface area contributed by atoms with Gasteiger partial charge >= 0.3 is 0 Å². The summed E-state index contributed by atoms with van der Waals surface area (Å²) in [5.41, 5.74) is -7.17. The standard InChI is InChI=1S/C40H27NO/c1-4-12-29(13-5-1)37-27-38-35-25-22-30(26-39(35)42-40(38)36-19-11-10-18-34(36)37)28-20-23-33(24-21-28)41(31-14-6-2-7-15-31)32-16-8-3-9-17-32/h1-27H/i1D,2D,3D,4D,5D,6D,7D,8D,9D,10D,11D,12D,13D,14D,15D,16D,17D,18D,19D,20D,21D,22D,23D,24D,25D,26D,27D. The van der Waals surface area contributed by atoms with Crippen molar-refractivity contribution in [3.05, 3.63) is 163 Å². The van der Waals surface area contributed by atoms with Crippen molar-refractivity contribution in [2.24, 2.45) is 0 Å². The summed E-state index contributed by atoms with van der Waals surface area (Å²) in [7, 11) is 0. The lowest BCUT2D eigenvalue weighted by Gasteiger charge is -2.25. The molecule has 2 nitrogen and oxygen atoms in total. The third-order valence-corrected chi connectivity index (χ3v) is 6.13. The smallest absolute Gasteiger partial charge is 0.143 e. The first-order chi connectivity index (χ1) is 32.1. The van der Waals surface area contributed by atoms with Gasteiger partial charge in [-0.25, -0.2) is 0 Å². The van der Waals surface area contributed by atoms with Crippen LogP contribution in [-0.2, 0) is 0 Å². The van der Waals surface area contributed by atoms with Crippen LogP contribution in [0.3, 0.4) is 0 Å². The number of rotatable bonds is 5. The lowest BCUT2D eigenvalue weighted by Crippen LogP contribution is -2.09. The number of benzene rings is 7. The van der Waals surface area contributed by atoms with Crippen LogP contribution in [0.1, 0.15) is 37.0 Å². The number of para-hydroxylation sites is 2. The molecule has 0 saturated carbocycles. The summed E-state index contributed by atoms with van der Waals surface area (Å²) in [5, 5.41) is -2.12. The molecule has 0 aliphatic carbocycles.